The van der Waals surface area contributed by atoms with Crippen molar-refractivity contribution < 1.29 is 4.42 Å². The Morgan fingerprint density at radius 3 is 3.12 bits per heavy atom. The van der Waals surface area contributed by atoms with Gasteiger partial charge in [0.15, 0.2) is 10.8 Å². The Bertz CT molecular complexity index is 438. The van der Waals surface area contributed by atoms with E-state index in [2.05, 4.69) is 27.6 Å². The number of nitrogens with one attached hydrogen (secondary N) is 1. The monoisotopic (exact) mass is 251 g/mol. The lowest BCUT2D eigenvalue weighted by atomic mass is 10.4. The van der Waals surface area contributed by atoms with Crippen LogP contribution in [0.2, 0.25) is 0 Å². The zero-order chi connectivity index (χ0) is 12.1. The van der Waals surface area contributed by atoms with Gasteiger partial charge in [0.2, 0.25) is 0 Å². The Morgan fingerprint density at radius 2 is 2.41 bits per heavy atom. The van der Waals surface area contributed by atoms with E-state index in [4.69, 9.17) is 4.42 Å². The molecule has 0 bridgehead atoms. The van der Waals surface area contributed by atoms with Crippen LogP contribution in [0.1, 0.15) is 5.69 Å². The molecule has 5 heteroatoms. The fourth-order valence-electron chi connectivity index (χ4n) is 1.55. The molecular formula is C12H17N3OS. The second kappa shape index (κ2) is 5.95. The van der Waals surface area contributed by atoms with Crippen molar-refractivity contribution in [3.8, 4) is 10.8 Å². The van der Waals surface area contributed by atoms with Crippen molar-refractivity contribution in [3.05, 3.63) is 29.5 Å². The van der Waals surface area contributed by atoms with Crippen LogP contribution in [0.15, 0.2) is 28.2 Å². The molecule has 2 aromatic heterocycles. The van der Waals surface area contributed by atoms with Crippen LogP contribution in [0.5, 0.6) is 0 Å². The lowest BCUT2D eigenvalue weighted by Gasteiger charge is -2.14. The second-order valence-electron chi connectivity index (χ2n) is 3.96. The van der Waals surface area contributed by atoms with Crippen molar-refractivity contribution in [2.75, 3.05) is 27.2 Å². The van der Waals surface area contributed by atoms with Gasteiger partial charge in [-0.15, -0.1) is 11.3 Å². The highest BCUT2D eigenvalue weighted by Gasteiger charge is 2.08. The van der Waals surface area contributed by atoms with E-state index < -0.39 is 0 Å². The number of hydrogen-bond acceptors (Lipinski definition) is 5. The lowest BCUT2D eigenvalue weighted by molar-refractivity contribution is 0.325. The van der Waals surface area contributed by atoms with Crippen molar-refractivity contribution >= 4 is 11.3 Å². The number of rotatable bonds is 6. The molecule has 4 nitrogen and oxygen atoms in total. The average Bonchev–Trinajstić information content (AvgIpc) is 2.95. The number of hydrogen-bond donors (Lipinski definition) is 1. The SMILES string of the molecule is CNCCN(C)Cc1csc(-c2ccco2)n1. The van der Waals surface area contributed by atoms with Crippen molar-refractivity contribution in [3.63, 3.8) is 0 Å². The zero-order valence-electron chi connectivity index (χ0n) is 10.1. The minimum absolute atomic E-state index is 0.846. The molecule has 0 unspecified atom stereocenters. The summed E-state index contributed by atoms with van der Waals surface area (Å²) in [5, 5.41) is 6.18. The largest absolute Gasteiger partial charge is 0.462 e. The number of nitrogens with zero attached hydrogens (tertiary/aromatic N) is 2. The summed E-state index contributed by atoms with van der Waals surface area (Å²) >= 11 is 1.63. The van der Waals surface area contributed by atoms with Crippen molar-refractivity contribution in [1.29, 1.82) is 0 Å². The Kier molecular flexibility index (Phi) is 4.30. The maximum atomic E-state index is 5.33. The first-order valence-electron chi connectivity index (χ1n) is 5.61. The summed E-state index contributed by atoms with van der Waals surface area (Å²) in [6.07, 6.45) is 1.68. The molecular weight excluding hydrogens is 234 g/mol. The fraction of sp³-hybridized carbons (Fsp3) is 0.417. The standard InChI is InChI=1S/C12H17N3OS/c1-13-5-6-15(2)8-10-9-17-12(14-10)11-4-3-7-16-11/h3-4,7,9,13H,5-6,8H2,1-2H3. The van der Waals surface area contributed by atoms with Crippen LogP contribution in [0.3, 0.4) is 0 Å². The Balaban J connectivity index is 1.94. The first-order chi connectivity index (χ1) is 8.29. The molecule has 0 radical (unpaired) electrons. The fourth-order valence-corrected chi connectivity index (χ4v) is 2.33. The molecule has 0 saturated heterocycles. The molecule has 0 saturated carbocycles. The van der Waals surface area contributed by atoms with Gasteiger partial charge >= 0.3 is 0 Å². The molecule has 92 valence electrons. The smallest absolute Gasteiger partial charge is 0.162 e. The third kappa shape index (κ3) is 3.39. The molecule has 0 aliphatic rings. The molecule has 2 aromatic rings. The number of thiazole rings is 1. The summed E-state index contributed by atoms with van der Waals surface area (Å²) in [4.78, 5) is 6.81. The van der Waals surface area contributed by atoms with E-state index in [0.29, 0.717) is 0 Å². The van der Waals surface area contributed by atoms with Gasteiger partial charge in [-0.2, -0.15) is 0 Å². The zero-order valence-corrected chi connectivity index (χ0v) is 11.0. The average molecular weight is 251 g/mol. The van der Waals surface area contributed by atoms with Crippen LogP contribution in [0, 0.1) is 0 Å². The van der Waals surface area contributed by atoms with Crippen molar-refractivity contribution in [1.82, 2.24) is 15.2 Å². The predicted octanol–water partition coefficient (Wildman–Crippen LogP) is 2.05. The van der Waals surface area contributed by atoms with Gasteiger partial charge in [0.25, 0.3) is 0 Å². The first-order valence-corrected chi connectivity index (χ1v) is 6.49. The lowest BCUT2D eigenvalue weighted by Crippen LogP contribution is -2.27. The molecule has 1 N–H and O–H groups in total. The minimum Gasteiger partial charge on any atom is -0.462 e. The first kappa shape index (κ1) is 12.3. The summed E-state index contributed by atoms with van der Waals surface area (Å²) in [5.41, 5.74) is 1.10. The molecule has 0 atom stereocenters. The molecule has 0 aliphatic carbocycles. The molecule has 17 heavy (non-hydrogen) atoms. The molecule has 0 fully saturated rings. The number of aromatic nitrogens is 1. The summed E-state index contributed by atoms with van der Waals surface area (Å²) in [7, 11) is 4.06. The van der Waals surface area contributed by atoms with Crippen LogP contribution in [-0.2, 0) is 6.54 Å². The molecule has 0 spiro atoms. The number of likely N-dealkylation sites (N-methyl/N-ethyl adjacent to an activating group) is 2. The molecule has 0 aliphatic heterocycles. The molecule has 0 amide bonds. The van der Waals surface area contributed by atoms with Gasteiger partial charge in [0, 0.05) is 25.0 Å². The van der Waals surface area contributed by atoms with Gasteiger partial charge in [-0.05, 0) is 26.2 Å². The number of furan rings is 1. The third-order valence-electron chi connectivity index (χ3n) is 2.46. The maximum Gasteiger partial charge on any atom is 0.162 e. The van der Waals surface area contributed by atoms with Gasteiger partial charge in [0.05, 0.1) is 12.0 Å². The molecule has 2 rings (SSSR count). The Morgan fingerprint density at radius 1 is 1.53 bits per heavy atom. The quantitative estimate of drug-likeness (QED) is 0.853. The van der Waals surface area contributed by atoms with E-state index in [1.165, 1.54) is 0 Å². The van der Waals surface area contributed by atoms with Crippen molar-refractivity contribution in [2.45, 2.75) is 6.54 Å². The van der Waals surface area contributed by atoms with E-state index in [1.807, 2.05) is 19.2 Å². The van der Waals surface area contributed by atoms with Crippen molar-refractivity contribution in [2.24, 2.45) is 0 Å². The van der Waals surface area contributed by atoms with E-state index in [9.17, 15) is 0 Å². The third-order valence-corrected chi connectivity index (χ3v) is 3.36. The van der Waals surface area contributed by atoms with Gasteiger partial charge in [0.1, 0.15) is 0 Å². The van der Waals surface area contributed by atoms with Gasteiger partial charge < -0.3 is 9.73 Å². The minimum atomic E-state index is 0.846. The topological polar surface area (TPSA) is 41.3 Å². The Hall–Kier alpha value is -1.17. The van der Waals surface area contributed by atoms with Crippen LogP contribution in [0.25, 0.3) is 10.8 Å². The maximum absolute atomic E-state index is 5.33. The highest BCUT2D eigenvalue weighted by atomic mass is 32.1. The summed E-state index contributed by atoms with van der Waals surface area (Å²) in [5.74, 6) is 0.846. The van der Waals surface area contributed by atoms with Crippen LogP contribution < -0.4 is 5.32 Å². The molecule has 0 aromatic carbocycles. The van der Waals surface area contributed by atoms with Gasteiger partial charge in [-0.1, -0.05) is 0 Å². The van der Waals surface area contributed by atoms with E-state index in [-0.39, 0.29) is 0 Å². The highest BCUT2D eigenvalue weighted by molar-refractivity contribution is 7.13. The van der Waals surface area contributed by atoms with Crippen LogP contribution >= 0.6 is 11.3 Å². The molecule has 2 heterocycles. The van der Waals surface area contributed by atoms with E-state index in [0.717, 1.165) is 36.1 Å². The van der Waals surface area contributed by atoms with Gasteiger partial charge in [-0.3, -0.25) is 4.90 Å². The summed E-state index contributed by atoms with van der Waals surface area (Å²) in [6.45, 7) is 2.88. The Labute approximate surface area is 105 Å². The van der Waals surface area contributed by atoms with E-state index >= 15 is 0 Å². The van der Waals surface area contributed by atoms with Crippen LogP contribution in [-0.4, -0.2) is 37.1 Å². The summed E-state index contributed by atoms with van der Waals surface area (Å²) < 4.78 is 5.33. The summed E-state index contributed by atoms with van der Waals surface area (Å²) in [6, 6.07) is 3.82. The van der Waals surface area contributed by atoms with E-state index in [1.54, 1.807) is 17.6 Å². The predicted molar refractivity (Wildman–Crippen MR) is 70.1 cm³/mol. The second-order valence-corrected chi connectivity index (χ2v) is 4.82. The highest BCUT2D eigenvalue weighted by Crippen LogP contribution is 2.24. The normalized spacial score (nSPS) is 11.2. The van der Waals surface area contributed by atoms with Crippen LogP contribution in [0.4, 0.5) is 0 Å². The van der Waals surface area contributed by atoms with Gasteiger partial charge in [-0.25, -0.2) is 4.98 Å².